The summed E-state index contributed by atoms with van der Waals surface area (Å²) >= 11 is 6.53. The largest absolute Gasteiger partial charge is 0.494 e. The number of aromatic nitrogens is 1. The molecule has 0 radical (unpaired) electrons. The van der Waals surface area contributed by atoms with E-state index in [2.05, 4.69) is 4.98 Å². The van der Waals surface area contributed by atoms with Crippen molar-refractivity contribution < 1.29 is 14.6 Å². The molecule has 0 aliphatic rings. The van der Waals surface area contributed by atoms with Crippen LogP contribution in [0.15, 0.2) is 36.4 Å². The van der Waals surface area contributed by atoms with Gasteiger partial charge in [0, 0.05) is 16.8 Å². The smallest absolute Gasteiger partial charge is 0.121 e. The molecule has 1 N–H and O–H groups in total. The van der Waals surface area contributed by atoms with E-state index in [-0.39, 0.29) is 13.2 Å². The van der Waals surface area contributed by atoms with Gasteiger partial charge in [-0.1, -0.05) is 11.6 Å². The first-order chi connectivity index (χ1) is 10.7. The number of rotatable bonds is 5. The van der Waals surface area contributed by atoms with Crippen LogP contribution in [0.25, 0.3) is 21.8 Å². The van der Waals surface area contributed by atoms with Crippen molar-refractivity contribution in [2.24, 2.45) is 0 Å². The Balaban J connectivity index is 2.13. The number of hydrogen-bond donors (Lipinski definition) is 1. The number of aliphatic hydroxyl groups excluding tert-OH is 1. The normalized spacial score (nSPS) is 11.0. The molecule has 114 valence electrons. The summed E-state index contributed by atoms with van der Waals surface area (Å²) in [6.07, 6.45) is 0. The van der Waals surface area contributed by atoms with E-state index >= 15 is 0 Å². The fraction of sp³-hybridized carbons (Fsp3) is 0.235. The van der Waals surface area contributed by atoms with Crippen molar-refractivity contribution in [2.45, 2.75) is 6.92 Å². The summed E-state index contributed by atoms with van der Waals surface area (Å²) in [7, 11) is 0. The zero-order valence-corrected chi connectivity index (χ0v) is 12.9. The molecule has 5 heteroatoms. The van der Waals surface area contributed by atoms with E-state index in [1.54, 1.807) is 0 Å². The summed E-state index contributed by atoms with van der Waals surface area (Å²) in [6, 6.07) is 11.2. The molecule has 0 atom stereocenters. The van der Waals surface area contributed by atoms with E-state index in [4.69, 9.17) is 26.2 Å². The van der Waals surface area contributed by atoms with Crippen molar-refractivity contribution in [3.63, 3.8) is 0 Å². The van der Waals surface area contributed by atoms with Gasteiger partial charge in [-0.05, 0) is 37.3 Å². The second-order valence-electron chi connectivity index (χ2n) is 4.79. The van der Waals surface area contributed by atoms with Crippen molar-refractivity contribution in [3.05, 3.63) is 41.4 Å². The van der Waals surface area contributed by atoms with Gasteiger partial charge in [0.05, 0.1) is 29.3 Å². The highest BCUT2D eigenvalue weighted by atomic mass is 35.5. The van der Waals surface area contributed by atoms with E-state index in [0.29, 0.717) is 17.4 Å². The number of halogens is 1. The average molecular weight is 318 g/mol. The monoisotopic (exact) mass is 317 g/mol. The first kappa shape index (κ1) is 14.9. The summed E-state index contributed by atoms with van der Waals surface area (Å²) in [5.41, 5.74) is 1.57. The molecule has 0 saturated carbocycles. The first-order valence-electron chi connectivity index (χ1n) is 7.12. The highest BCUT2D eigenvalue weighted by Gasteiger charge is 2.09. The molecule has 2 aromatic carbocycles. The van der Waals surface area contributed by atoms with Crippen molar-refractivity contribution in [1.82, 2.24) is 4.98 Å². The fourth-order valence-electron chi connectivity index (χ4n) is 2.36. The summed E-state index contributed by atoms with van der Waals surface area (Å²) < 4.78 is 10.9. The highest BCUT2D eigenvalue weighted by Crippen LogP contribution is 2.34. The molecule has 0 fully saturated rings. The maximum absolute atomic E-state index is 8.82. The lowest BCUT2D eigenvalue weighted by Crippen LogP contribution is -2.01. The Bertz CT molecular complexity index is 820. The number of fused-ring (bicyclic) bond motifs is 2. The number of hydrogen-bond acceptors (Lipinski definition) is 4. The molecule has 0 unspecified atom stereocenters. The second kappa shape index (κ2) is 6.38. The number of aliphatic hydroxyl groups is 1. The summed E-state index contributed by atoms with van der Waals surface area (Å²) in [5, 5.41) is 11.2. The van der Waals surface area contributed by atoms with Gasteiger partial charge in [-0.2, -0.15) is 0 Å². The molecular formula is C17H16ClNO3. The highest BCUT2D eigenvalue weighted by molar-refractivity contribution is 6.40. The lowest BCUT2D eigenvalue weighted by atomic mass is 10.1. The molecule has 0 amide bonds. The molecule has 1 heterocycles. The number of pyridine rings is 1. The zero-order valence-electron chi connectivity index (χ0n) is 12.2. The van der Waals surface area contributed by atoms with E-state index in [1.165, 1.54) is 0 Å². The van der Waals surface area contributed by atoms with Crippen LogP contribution in [0, 0.1) is 0 Å². The van der Waals surface area contributed by atoms with Crippen LogP contribution in [0.2, 0.25) is 5.02 Å². The standard InChI is InChI=1S/C17H16ClNO3/c1-2-21-11-4-6-15-14(9-11)17(18)13-5-3-12(22-8-7-20)10-16(13)19-15/h3-6,9-10,20H,2,7-8H2,1H3. The van der Waals surface area contributed by atoms with Crippen molar-refractivity contribution in [1.29, 1.82) is 0 Å². The number of ether oxygens (including phenoxy) is 2. The summed E-state index contributed by atoms with van der Waals surface area (Å²) in [5.74, 6) is 1.44. The van der Waals surface area contributed by atoms with E-state index in [0.717, 1.165) is 27.6 Å². The van der Waals surface area contributed by atoms with Crippen molar-refractivity contribution >= 4 is 33.4 Å². The lowest BCUT2D eigenvalue weighted by molar-refractivity contribution is 0.201. The zero-order chi connectivity index (χ0) is 15.5. The molecule has 3 aromatic rings. The molecule has 3 rings (SSSR count). The van der Waals surface area contributed by atoms with Crippen LogP contribution >= 0.6 is 11.6 Å². The molecule has 0 spiro atoms. The van der Waals surface area contributed by atoms with Crippen LogP contribution in [0.4, 0.5) is 0 Å². The van der Waals surface area contributed by atoms with Crippen LogP contribution < -0.4 is 9.47 Å². The predicted molar refractivity (Wildman–Crippen MR) is 88.0 cm³/mol. The first-order valence-corrected chi connectivity index (χ1v) is 7.50. The van der Waals surface area contributed by atoms with Gasteiger partial charge < -0.3 is 14.6 Å². The maximum atomic E-state index is 8.82. The van der Waals surface area contributed by atoms with E-state index in [9.17, 15) is 0 Å². The van der Waals surface area contributed by atoms with Gasteiger partial charge in [0.15, 0.2) is 0 Å². The third-order valence-corrected chi connectivity index (χ3v) is 3.73. The van der Waals surface area contributed by atoms with Gasteiger partial charge in [-0.15, -0.1) is 0 Å². The van der Waals surface area contributed by atoms with Gasteiger partial charge in [0.2, 0.25) is 0 Å². The Kier molecular flexibility index (Phi) is 4.32. The second-order valence-corrected chi connectivity index (χ2v) is 5.17. The minimum atomic E-state index is -0.0237. The van der Waals surface area contributed by atoms with Gasteiger partial charge in [-0.25, -0.2) is 4.98 Å². The minimum Gasteiger partial charge on any atom is -0.494 e. The van der Waals surface area contributed by atoms with Gasteiger partial charge in [0.25, 0.3) is 0 Å². The molecule has 4 nitrogen and oxygen atoms in total. The quantitative estimate of drug-likeness (QED) is 0.727. The van der Waals surface area contributed by atoms with Gasteiger partial charge >= 0.3 is 0 Å². The lowest BCUT2D eigenvalue weighted by Gasteiger charge is -2.10. The van der Waals surface area contributed by atoms with Gasteiger partial charge in [0.1, 0.15) is 18.1 Å². The third kappa shape index (κ3) is 2.80. The Morgan fingerprint density at radius 3 is 2.55 bits per heavy atom. The molecule has 0 aliphatic carbocycles. The molecule has 0 aliphatic heterocycles. The third-order valence-electron chi connectivity index (χ3n) is 3.32. The number of nitrogens with zero attached hydrogens (tertiary/aromatic N) is 1. The summed E-state index contributed by atoms with van der Waals surface area (Å²) in [4.78, 5) is 4.63. The van der Waals surface area contributed by atoms with Crippen LogP contribution in [-0.4, -0.2) is 29.9 Å². The minimum absolute atomic E-state index is 0.0237. The number of benzene rings is 2. The van der Waals surface area contributed by atoms with E-state index in [1.807, 2.05) is 43.3 Å². The van der Waals surface area contributed by atoms with Crippen LogP contribution in [0.3, 0.4) is 0 Å². The van der Waals surface area contributed by atoms with Crippen molar-refractivity contribution in [3.8, 4) is 11.5 Å². The fourth-order valence-corrected chi connectivity index (χ4v) is 2.67. The Morgan fingerprint density at radius 2 is 1.77 bits per heavy atom. The Labute approximate surface area is 133 Å². The van der Waals surface area contributed by atoms with Crippen LogP contribution in [0.1, 0.15) is 6.92 Å². The predicted octanol–water partition coefficient (Wildman–Crippen LogP) is 3.81. The molecule has 0 bridgehead atoms. The molecular weight excluding hydrogens is 302 g/mol. The molecule has 1 aromatic heterocycles. The van der Waals surface area contributed by atoms with Crippen LogP contribution in [-0.2, 0) is 0 Å². The average Bonchev–Trinajstić information content (AvgIpc) is 2.54. The van der Waals surface area contributed by atoms with Gasteiger partial charge in [-0.3, -0.25) is 0 Å². The maximum Gasteiger partial charge on any atom is 0.121 e. The molecule has 0 saturated heterocycles. The summed E-state index contributed by atoms with van der Waals surface area (Å²) in [6.45, 7) is 2.78. The Morgan fingerprint density at radius 1 is 1.00 bits per heavy atom. The topological polar surface area (TPSA) is 51.6 Å². The SMILES string of the molecule is CCOc1ccc2nc3cc(OCCO)ccc3c(Cl)c2c1. The Hall–Kier alpha value is -2.04. The van der Waals surface area contributed by atoms with Crippen molar-refractivity contribution in [2.75, 3.05) is 19.8 Å². The van der Waals surface area contributed by atoms with Crippen LogP contribution in [0.5, 0.6) is 11.5 Å². The molecule has 22 heavy (non-hydrogen) atoms. The van der Waals surface area contributed by atoms with E-state index < -0.39 is 0 Å².